The molecule has 90 valence electrons. The van der Waals surface area contributed by atoms with Crippen molar-refractivity contribution < 1.29 is 4.42 Å². The average Bonchev–Trinajstić information content (AvgIpc) is 2.59. The van der Waals surface area contributed by atoms with Crippen molar-refractivity contribution >= 4 is 11.0 Å². The van der Waals surface area contributed by atoms with E-state index >= 15 is 0 Å². The number of fused-ring (bicyclic) bond motifs is 1. The number of rotatable bonds is 3. The van der Waals surface area contributed by atoms with Crippen molar-refractivity contribution in [3.63, 3.8) is 0 Å². The lowest BCUT2D eigenvalue weighted by molar-refractivity contribution is 0.240. The number of aryl methyl sites for hydroxylation is 1. The fourth-order valence-corrected chi connectivity index (χ4v) is 2.76. The van der Waals surface area contributed by atoms with E-state index in [4.69, 9.17) is 4.42 Å². The molecule has 1 aliphatic rings. The molecule has 0 atom stereocenters. The maximum absolute atomic E-state index is 5.76. The lowest BCUT2D eigenvalue weighted by atomic mass is 9.82. The minimum Gasteiger partial charge on any atom is -0.461 e. The summed E-state index contributed by atoms with van der Waals surface area (Å²) in [7, 11) is 0. The standard InChI is InChI=1S/C15H19NO/c1-10-7-12(8-10)16-9-14-11(2)17-15-6-4-3-5-13(14)15/h3-6,10,12,16H,7-9H2,1-2H3. The van der Waals surface area contributed by atoms with Gasteiger partial charge in [-0.3, -0.25) is 0 Å². The number of benzene rings is 1. The van der Waals surface area contributed by atoms with Gasteiger partial charge in [0.25, 0.3) is 0 Å². The van der Waals surface area contributed by atoms with Gasteiger partial charge in [-0.25, -0.2) is 0 Å². The van der Waals surface area contributed by atoms with Crippen molar-refractivity contribution in [2.24, 2.45) is 5.92 Å². The summed E-state index contributed by atoms with van der Waals surface area (Å²) in [6, 6.07) is 8.99. The highest BCUT2D eigenvalue weighted by Gasteiger charge is 2.25. The van der Waals surface area contributed by atoms with Gasteiger partial charge in [-0.2, -0.15) is 0 Å². The topological polar surface area (TPSA) is 25.2 Å². The molecule has 0 bridgehead atoms. The van der Waals surface area contributed by atoms with Crippen LogP contribution >= 0.6 is 0 Å². The van der Waals surface area contributed by atoms with Crippen molar-refractivity contribution in [1.29, 1.82) is 0 Å². The third-order valence-corrected chi connectivity index (χ3v) is 3.84. The third-order valence-electron chi connectivity index (χ3n) is 3.84. The normalized spacial score (nSPS) is 23.9. The van der Waals surface area contributed by atoms with Crippen molar-refractivity contribution in [2.75, 3.05) is 0 Å². The summed E-state index contributed by atoms with van der Waals surface area (Å²) in [5, 5.41) is 4.88. The molecule has 3 rings (SSSR count). The van der Waals surface area contributed by atoms with Crippen LogP contribution in [0.25, 0.3) is 11.0 Å². The molecule has 0 aliphatic heterocycles. The van der Waals surface area contributed by atoms with Crippen LogP contribution < -0.4 is 5.32 Å². The first-order chi connectivity index (χ1) is 8.24. The summed E-state index contributed by atoms with van der Waals surface area (Å²) in [6.45, 7) is 5.30. The van der Waals surface area contributed by atoms with E-state index in [0.29, 0.717) is 6.04 Å². The first-order valence-electron chi connectivity index (χ1n) is 6.44. The van der Waals surface area contributed by atoms with Crippen molar-refractivity contribution in [2.45, 2.75) is 39.3 Å². The largest absolute Gasteiger partial charge is 0.461 e. The Hall–Kier alpha value is -1.28. The van der Waals surface area contributed by atoms with Crippen LogP contribution in [0.4, 0.5) is 0 Å². The van der Waals surface area contributed by atoms with Gasteiger partial charge in [-0.05, 0) is 31.7 Å². The van der Waals surface area contributed by atoms with E-state index in [1.807, 2.05) is 12.1 Å². The van der Waals surface area contributed by atoms with Gasteiger partial charge in [0.05, 0.1) is 0 Å². The predicted molar refractivity (Wildman–Crippen MR) is 70.0 cm³/mol. The Kier molecular flexibility index (Phi) is 2.67. The Morgan fingerprint density at radius 2 is 2.06 bits per heavy atom. The first kappa shape index (κ1) is 10.8. The summed E-state index contributed by atoms with van der Waals surface area (Å²) >= 11 is 0. The Labute approximate surface area is 102 Å². The second-order valence-electron chi connectivity index (χ2n) is 5.29. The molecule has 0 radical (unpaired) electrons. The molecule has 1 saturated carbocycles. The van der Waals surface area contributed by atoms with Crippen LogP contribution in [0, 0.1) is 12.8 Å². The van der Waals surface area contributed by atoms with Gasteiger partial charge in [0.1, 0.15) is 11.3 Å². The lowest BCUT2D eigenvalue weighted by Crippen LogP contribution is -2.39. The van der Waals surface area contributed by atoms with E-state index in [-0.39, 0.29) is 0 Å². The second-order valence-corrected chi connectivity index (χ2v) is 5.29. The van der Waals surface area contributed by atoms with Crippen LogP contribution in [0.5, 0.6) is 0 Å². The van der Waals surface area contributed by atoms with Gasteiger partial charge in [-0.1, -0.05) is 25.1 Å². The molecule has 1 aromatic carbocycles. The average molecular weight is 229 g/mol. The highest BCUT2D eigenvalue weighted by molar-refractivity contribution is 5.82. The molecule has 2 aromatic rings. The van der Waals surface area contributed by atoms with Gasteiger partial charge in [-0.15, -0.1) is 0 Å². The van der Waals surface area contributed by atoms with Crippen molar-refractivity contribution in [3.05, 3.63) is 35.6 Å². The summed E-state index contributed by atoms with van der Waals surface area (Å²) in [6.07, 6.45) is 2.63. The smallest absolute Gasteiger partial charge is 0.134 e. The van der Waals surface area contributed by atoms with E-state index in [9.17, 15) is 0 Å². The maximum atomic E-state index is 5.76. The molecule has 17 heavy (non-hydrogen) atoms. The molecule has 2 heteroatoms. The fraction of sp³-hybridized carbons (Fsp3) is 0.467. The SMILES string of the molecule is Cc1oc2ccccc2c1CNC1CC(C)C1. The van der Waals surface area contributed by atoms with Crippen LogP contribution in [0.3, 0.4) is 0 Å². The highest BCUT2D eigenvalue weighted by atomic mass is 16.3. The summed E-state index contributed by atoms with van der Waals surface area (Å²) in [4.78, 5) is 0. The monoisotopic (exact) mass is 229 g/mol. The molecule has 1 N–H and O–H groups in total. The quantitative estimate of drug-likeness (QED) is 0.869. The van der Waals surface area contributed by atoms with E-state index < -0.39 is 0 Å². The van der Waals surface area contributed by atoms with E-state index in [0.717, 1.165) is 23.8 Å². The number of para-hydroxylation sites is 1. The molecule has 0 amide bonds. The first-order valence-corrected chi connectivity index (χ1v) is 6.44. The lowest BCUT2D eigenvalue weighted by Gasteiger charge is -2.33. The van der Waals surface area contributed by atoms with Crippen LogP contribution in [0.2, 0.25) is 0 Å². The highest BCUT2D eigenvalue weighted by Crippen LogP contribution is 2.29. The molecule has 1 aromatic heterocycles. The minimum atomic E-state index is 0.707. The van der Waals surface area contributed by atoms with Crippen molar-refractivity contribution in [1.82, 2.24) is 5.32 Å². The van der Waals surface area contributed by atoms with Gasteiger partial charge >= 0.3 is 0 Å². The molecular weight excluding hydrogens is 210 g/mol. The Bertz CT molecular complexity index is 523. The summed E-state index contributed by atoms with van der Waals surface area (Å²) in [5.41, 5.74) is 2.32. The van der Waals surface area contributed by atoms with Crippen molar-refractivity contribution in [3.8, 4) is 0 Å². The number of furan rings is 1. The Morgan fingerprint density at radius 3 is 2.82 bits per heavy atom. The Balaban J connectivity index is 1.77. The molecule has 2 nitrogen and oxygen atoms in total. The van der Waals surface area contributed by atoms with E-state index in [1.54, 1.807) is 0 Å². The van der Waals surface area contributed by atoms with Crippen LogP contribution in [0.15, 0.2) is 28.7 Å². The zero-order valence-corrected chi connectivity index (χ0v) is 10.5. The molecule has 0 unspecified atom stereocenters. The summed E-state index contributed by atoms with van der Waals surface area (Å²) in [5.74, 6) is 1.95. The number of hydrogen-bond donors (Lipinski definition) is 1. The van der Waals surface area contributed by atoms with Gasteiger partial charge in [0.15, 0.2) is 0 Å². The third kappa shape index (κ3) is 1.98. The van der Waals surface area contributed by atoms with Gasteiger partial charge in [0.2, 0.25) is 0 Å². The fourth-order valence-electron chi connectivity index (χ4n) is 2.76. The van der Waals surface area contributed by atoms with Crippen LogP contribution in [-0.2, 0) is 6.54 Å². The zero-order valence-electron chi connectivity index (χ0n) is 10.5. The second kappa shape index (κ2) is 4.19. The van der Waals surface area contributed by atoms with Gasteiger partial charge < -0.3 is 9.73 Å². The van der Waals surface area contributed by atoms with E-state index in [1.165, 1.54) is 23.8 Å². The Morgan fingerprint density at radius 1 is 1.29 bits per heavy atom. The van der Waals surface area contributed by atoms with Crippen LogP contribution in [-0.4, -0.2) is 6.04 Å². The minimum absolute atomic E-state index is 0.707. The van der Waals surface area contributed by atoms with Gasteiger partial charge in [0, 0.05) is 23.5 Å². The van der Waals surface area contributed by atoms with Crippen LogP contribution in [0.1, 0.15) is 31.1 Å². The number of nitrogens with one attached hydrogen (secondary N) is 1. The molecule has 1 aliphatic carbocycles. The molecule has 1 fully saturated rings. The summed E-state index contributed by atoms with van der Waals surface area (Å²) < 4.78 is 5.76. The zero-order chi connectivity index (χ0) is 11.8. The molecule has 1 heterocycles. The van der Waals surface area contributed by atoms with E-state index in [2.05, 4.69) is 31.3 Å². The number of hydrogen-bond acceptors (Lipinski definition) is 2. The molecular formula is C15H19NO. The maximum Gasteiger partial charge on any atom is 0.134 e. The molecule has 0 saturated heterocycles. The predicted octanol–water partition coefficient (Wildman–Crippen LogP) is 3.63. The molecule has 0 spiro atoms.